The van der Waals surface area contributed by atoms with Crippen molar-refractivity contribution in [3.05, 3.63) is 15.8 Å². The summed E-state index contributed by atoms with van der Waals surface area (Å²) in [4.78, 5) is 11.5. The van der Waals surface area contributed by atoms with Crippen LogP contribution in [-0.4, -0.2) is 36.9 Å². The van der Waals surface area contributed by atoms with Crippen LogP contribution in [-0.2, 0) is 10.0 Å². The molecule has 1 aliphatic rings. The van der Waals surface area contributed by atoms with Gasteiger partial charge in [-0.05, 0) is 25.8 Å². The van der Waals surface area contributed by atoms with E-state index in [9.17, 15) is 13.2 Å². The Bertz CT molecular complexity index is 557. The number of aryl methyl sites for hydroxylation is 1. The first-order valence-electron chi connectivity index (χ1n) is 5.16. The second kappa shape index (κ2) is 4.08. The van der Waals surface area contributed by atoms with Gasteiger partial charge in [-0.2, -0.15) is 4.31 Å². The summed E-state index contributed by atoms with van der Waals surface area (Å²) >= 11 is 0.993. The molecule has 1 heterocycles. The highest BCUT2D eigenvalue weighted by atomic mass is 32.2. The van der Waals surface area contributed by atoms with Gasteiger partial charge < -0.3 is 5.11 Å². The smallest absolute Gasteiger partial charge is 0.345 e. The maximum atomic E-state index is 12.2. The van der Waals surface area contributed by atoms with E-state index in [-0.39, 0.29) is 15.8 Å². The number of carbonyl (C=O) groups is 1. The van der Waals surface area contributed by atoms with Crippen LogP contribution in [0.15, 0.2) is 11.0 Å². The van der Waals surface area contributed by atoms with E-state index < -0.39 is 16.0 Å². The van der Waals surface area contributed by atoms with E-state index >= 15 is 0 Å². The van der Waals surface area contributed by atoms with E-state index in [0.717, 1.165) is 24.2 Å². The molecule has 0 unspecified atom stereocenters. The van der Waals surface area contributed by atoms with E-state index in [2.05, 4.69) is 0 Å². The zero-order valence-corrected chi connectivity index (χ0v) is 11.1. The molecule has 0 aliphatic heterocycles. The summed E-state index contributed by atoms with van der Waals surface area (Å²) in [7, 11) is -1.99. The number of hydrogen-bond donors (Lipinski definition) is 1. The van der Waals surface area contributed by atoms with E-state index in [1.807, 2.05) is 0 Å². The number of rotatable bonds is 4. The highest BCUT2D eigenvalue weighted by molar-refractivity contribution is 7.89. The number of hydrogen-bond acceptors (Lipinski definition) is 4. The Morgan fingerprint density at radius 3 is 2.53 bits per heavy atom. The third kappa shape index (κ3) is 2.22. The molecule has 2 rings (SSSR count). The van der Waals surface area contributed by atoms with E-state index in [4.69, 9.17) is 5.11 Å². The standard InChI is InChI=1S/C10H13NO4S2/c1-6-9(5-8(16-6)10(12)13)17(14,15)11(2)7-3-4-7/h5,7H,3-4H2,1-2H3,(H,12,13). The van der Waals surface area contributed by atoms with E-state index in [1.165, 1.54) is 10.4 Å². The summed E-state index contributed by atoms with van der Waals surface area (Å²) in [5, 5.41) is 8.85. The first-order valence-corrected chi connectivity index (χ1v) is 7.41. The van der Waals surface area contributed by atoms with Crippen molar-refractivity contribution in [1.29, 1.82) is 0 Å². The van der Waals surface area contributed by atoms with Crippen LogP contribution in [0, 0.1) is 6.92 Å². The molecule has 94 valence electrons. The summed E-state index contributed by atoms with van der Waals surface area (Å²) in [6, 6.07) is 1.32. The fraction of sp³-hybridized carbons (Fsp3) is 0.500. The Morgan fingerprint density at radius 2 is 2.12 bits per heavy atom. The SMILES string of the molecule is Cc1sc(C(=O)O)cc1S(=O)(=O)N(C)C1CC1. The molecule has 0 saturated heterocycles. The lowest BCUT2D eigenvalue weighted by molar-refractivity contribution is 0.0702. The minimum atomic E-state index is -3.54. The maximum Gasteiger partial charge on any atom is 0.345 e. The van der Waals surface area contributed by atoms with Crippen LogP contribution in [0.3, 0.4) is 0 Å². The molecule has 0 aromatic carbocycles. The predicted molar refractivity (Wildman–Crippen MR) is 64.0 cm³/mol. The Morgan fingerprint density at radius 1 is 1.53 bits per heavy atom. The first-order chi connectivity index (χ1) is 7.84. The molecule has 1 aromatic heterocycles. The molecule has 1 aromatic rings. The molecule has 1 saturated carbocycles. The lowest BCUT2D eigenvalue weighted by Gasteiger charge is -2.15. The second-order valence-corrected chi connectivity index (χ2v) is 7.31. The Hall–Kier alpha value is -0.920. The number of carboxylic acids is 1. The predicted octanol–water partition coefficient (Wildman–Crippen LogP) is 1.54. The van der Waals surface area contributed by atoms with Crippen molar-refractivity contribution in [2.45, 2.75) is 30.7 Å². The van der Waals surface area contributed by atoms with Crippen molar-refractivity contribution in [2.75, 3.05) is 7.05 Å². The van der Waals surface area contributed by atoms with Gasteiger partial charge in [0.25, 0.3) is 0 Å². The van der Waals surface area contributed by atoms with E-state index in [1.54, 1.807) is 14.0 Å². The van der Waals surface area contributed by atoms with Crippen molar-refractivity contribution < 1.29 is 18.3 Å². The quantitative estimate of drug-likeness (QED) is 0.904. The molecule has 0 radical (unpaired) electrons. The van der Waals surface area contributed by atoms with Crippen LogP contribution in [0.1, 0.15) is 27.4 Å². The summed E-state index contributed by atoms with van der Waals surface area (Å²) in [6.45, 7) is 1.63. The highest BCUT2D eigenvalue weighted by Crippen LogP contribution is 2.34. The zero-order chi connectivity index (χ0) is 12.8. The summed E-state index contributed by atoms with van der Waals surface area (Å²) < 4.78 is 25.8. The van der Waals surface area contributed by atoms with Gasteiger partial charge in [-0.1, -0.05) is 0 Å². The molecule has 1 fully saturated rings. The average molecular weight is 275 g/mol. The van der Waals surface area contributed by atoms with Gasteiger partial charge in [-0.15, -0.1) is 11.3 Å². The molecule has 0 atom stereocenters. The van der Waals surface area contributed by atoms with Gasteiger partial charge in [-0.25, -0.2) is 13.2 Å². The zero-order valence-electron chi connectivity index (χ0n) is 9.50. The van der Waals surface area contributed by atoms with Crippen molar-refractivity contribution >= 4 is 27.3 Å². The van der Waals surface area contributed by atoms with Gasteiger partial charge in [-0.3, -0.25) is 0 Å². The maximum absolute atomic E-state index is 12.2. The molecule has 0 amide bonds. The van der Waals surface area contributed by atoms with Crippen molar-refractivity contribution in [3.63, 3.8) is 0 Å². The monoisotopic (exact) mass is 275 g/mol. The summed E-state index contributed by atoms with van der Waals surface area (Å²) in [6.07, 6.45) is 1.76. The lowest BCUT2D eigenvalue weighted by Crippen LogP contribution is -2.29. The highest BCUT2D eigenvalue weighted by Gasteiger charge is 2.36. The molecule has 7 heteroatoms. The van der Waals surface area contributed by atoms with Crippen molar-refractivity contribution in [3.8, 4) is 0 Å². The van der Waals surface area contributed by atoms with Crippen molar-refractivity contribution in [2.24, 2.45) is 0 Å². The molecule has 0 bridgehead atoms. The molecular weight excluding hydrogens is 262 g/mol. The van der Waals surface area contributed by atoms with Gasteiger partial charge in [0.15, 0.2) is 0 Å². The number of sulfonamides is 1. The van der Waals surface area contributed by atoms with Gasteiger partial charge >= 0.3 is 5.97 Å². The number of carboxylic acid groups (broad SMARTS) is 1. The Kier molecular flexibility index (Phi) is 3.01. The van der Waals surface area contributed by atoms with Crippen LogP contribution in [0.5, 0.6) is 0 Å². The molecule has 1 N–H and O–H groups in total. The molecule has 1 aliphatic carbocycles. The third-order valence-corrected chi connectivity index (χ3v) is 6.01. The second-order valence-electron chi connectivity index (χ2n) is 4.09. The largest absolute Gasteiger partial charge is 0.477 e. The number of nitrogens with zero attached hydrogens (tertiary/aromatic N) is 1. The lowest BCUT2D eigenvalue weighted by atomic mass is 10.4. The fourth-order valence-electron chi connectivity index (χ4n) is 1.62. The summed E-state index contributed by atoms with van der Waals surface area (Å²) in [5.41, 5.74) is 0. The van der Waals surface area contributed by atoms with E-state index in [0.29, 0.717) is 4.88 Å². The Balaban J connectivity index is 2.42. The molecule has 17 heavy (non-hydrogen) atoms. The third-order valence-electron chi connectivity index (χ3n) is 2.80. The fourth-order valence-corrected chi connectivity index (χ4v) is 4.43. The van der Waals surface area contributed by atoms with Gasteiger partial charge in [0.1, 0.15) is 4.88 Å². The van der Waals surface area contributed by atoms with Gasteiger partial charge in [0.2, 0.25) is 10.0 Å². The van der Waals surface area contributed by atoms with Crippen LogP contribution < -0.4 is 0 Å². The number of aromatic carboxylic acids is 1. The summed E-state index contributed by atoms with van der Waals surface area (Å²) in [5.74, 6) is -1.09. The van der Waals surface area contributed by atoms with Crippen LogP contribution in [0.4, 0.5) is 0 Å². The first kappa shape index (κ1) is 12.5. The normalized spacial score (nSPS) is 16.4. The molecule has 0 spiro atoms. The van der Waals surface area contributed by atoms with Crippen LogP contribution in [0.25, 0.3) is 0 Å². The van der Waals surface area contributed by atoms with Gasteiger partial charge in [0, 0.05) is 18.0 Å². The minimum absolute atomic E-state index is 0.0604. The molecule has 5 nitrogen and oxygen atoms in total. The van der Waals surface area contributed by atoms with Crippen LogP contribution in [0.2, 0.25) is 0 Å². The van der Waals surface area contributed by atoms with Gasteiger partial charge in [0.05, 0.1) is 4.90 Å². The van der Waals surface area contributed by atoms with Crippen LogP contribution >= 0.6 is 11.3 Å². The minimum Gasteiger partial charge on any atom is -0.477 e. The number of thiophene rings is 1. The topological polar surface area (TPSA) is 74.7 Å². The molecular formula is C10H13NO4S2. The van der Waals surface area contributed by atoms with Crippen molar-refractivity contribution in [1.82, 2.24) is 4.31 Å². The Labute approximate surface area is 104 Å². The average Bonchev–Trinajstić information content (AvgIpc) is 2.99.